The van der Waals surface area contributed by atoms with Crippen LogP contribution in [-0.2, 0) is 27.3 Å². The number of benzene rings is 2. The number of allylic oxidation sites excluding steroid dienone is 2. The van der Waals surface area contributed by atoms with Crippen LogP contribution in [-0.4, -0.2) is 42.6 Å². The zero-order valence-electron chi connectivity index (χ0n) is 36.9. The van der Waals surface area contributed by atoms with Crippen LogP contribution in [0.1, 0.15) is 158 Å². The minimum Gasteiger partial charge on any atom is -0.493 e. The van der Waals surface area contributed by atoms with E-state index < -0.39 is 5.97 Å². The molecule has 0 saturated heterocycles. The average Bonchev–Trinajstić information content (AvgIpc) is 3.19. The maximum absolute atomic E-state index is 12.9. The van der Waals surface area contributed by atoms with Crippen LogP contribution in [0.4, 0.5) is 0 Å². The van der Waals surface area contributed by atoms with Gasteiger partial charge in [-0.2, -0.15) is 0 Å². The third-order valence-corrected chi connectivity index (χ3v) is 12.8. The number of hydrogen-bond donors (Lipinski definition) is 1. The molecule has 3 rings (SSSR count). The van der Waals surface area contributed by atoms with Gasteiger partial charge in [0.1, 0.15) is 23.0 Å². The van der Waals surface area contributed by atoms with Gasteiger partial charge in [0.2, 0.25) is 5.91 Å². The van der Waals surface area contributed by atoms with Crippen LogP contribution in [0.25, 0.3) is 0 Å². The van der Waals surface area contributed by atoms with Gasteiger partial charge in [0.15, 0.2) is 11.5 Å². The fraction of sp³-hybridized carbons (Fsp3) is 0.646. The Labute approximate surface area is 358 Å². The Bertz CT molecular complexity index is 1610. The number of unbranched alkanes of at least 4 members (excludes halogenated alkanes) is 10. The maximum atomic E-state index is 12.9. The van der Waals surface area contributed by atoms with E-state index in [1.165, 1.54) is 92.9 Å². The molecular weight excluding hydrogens is 767 g/mol. The van der Waals surface area contributed by atoms with E-state index >= 15 is 0 Å². The molecule has 0 aliphatic carbocycles. The van der Waals surface area contributed by atoms with Gasteiger partial charge in [-0.1, -0.05) is 125 Å². The van der Waals surface area contributed by atoms with E-state index in [4.69, 9.17) is 18.9 Å². The summed E-state index contributed by atoms with van der Waals surface area (Å²) in [6, 6.07) is 5.23. The number of ether oxygens (including phenoxy) is 4. The van der Waals surface area contributed by atoms with Crippen molar-refractivity contribution in [3.63, 3.8) is 0 Å². The molecule has 0 saturated carbocycles. The Balaban J connectivity index is 1.35. The summed E-state index contributed by atoms with van der Waals surface area (Å²) in [6.07, 6.45) is 24.3. The lowest BCUT2D eigenvalue weighted by atomic mass is 9.90. The van der Waals surface area contributed by atoms with Crippen LogP contribution >= 0.6 is 21.6 Å². The number of amides is 1. The largest absolute Gasteiger partial charge is 0.493 e. The van der Waals surface area contributed by atoms with Gasteiger partial charge in [0, 0.05) is 18.5 Å². The lowest BCUT2D eigenvalue weighted by molar-refractivity contribution is -0.132. The fourth-order valence-electron chi connectivity index (χ4n) is 7.25. The molecule has 10 heteroatoms. The molecule has 0 fully saturated rings. The van der Waals surface area contributed by atoms with Crippen molar-refractivity contribution in [1.82, 2.24) is 5.32 Å². The lowest BCUT2D eigenvalue weighted by Crippen LogP contribution is -2.25. The van der Waals surface area contributed by atoms with Gasteiger partial charge in [0.25, 0.3) is 0 Å². The molecule has 0 bridgehead atoms. The number of rotatable bonds is 28. The highest BCUT2D eigenvalue weighted by Gasteiger charge is 2.27. The molecule has 1 amide bonds. The molecule has 2 aromatic rings. The summed E-state index contributed by atoms with van der Waals surface area (Å²) >= 11 is 0. The third-order valence-electron chi connectivity index (χ3n) is 10.8. The quantitative estimate of drug-likeness (QED) is 0.0295. The van der Waals surface area contributed by atoms with Crippen molar-refractivity contribution in [1.29, 1.82) is 0 Å². The minimum absolute atomic E-state index is 0.00586. The molecule has 1 aliphatic heterocycles. The van der Waals surface area contributed by atoms with E-state index in [1.54, 1.807) is 18.2 Å². The second kappa shape index (κ2) is 27.6. The summed E-state index contributed by atoms with van der Waals surface area (Å²) in [5.41, 5.74) is 4.92. The first kappa shape index (κ1) is 49.3. The molecule has 58 heavy (non-hydrogen) atoms. The van der Waals surface area contributed by atoms with Crippen molar-refractivity contribution in [2.75, 3.05) is 18.6 Å². The number of carbonyl (C=O) groups is 3. The highest BCUT2D eigenvalue weighted by molar-refractivity contribution is 8.77. The van der Waals surface area contributed by atoms with E-state index in [2.05, 4.69) is 52.1 Å². The van der Waals surface area contributed by atoms with Gasteiger partial charge in [-0.25, -0.2) is 0 Å². The highest BCUT2D eigenvalue weighted by atomic mass is 33.1. The number of carbonyl (C=O) groups excluding carboxylic acids is 3. The number of hydrogen-bond acceptors (Lipinski definition) is 9. The molecule has 1 N–H and O–H groups in total. The number of nitrogens with one attached hydrogen (secondary N) is 1. The van der Waals surface area contributed by atoms with Gasteiger partial charge in [0.05, 0.1) is 13.2 Å². The molecule has 0 radical (unpaired) electrons. The summed E-state index contributed by atoms with van der Waals surface area (Å²) in [4.78, 5) is 37.9. The predicted molar refractivity (Wildman–Crippen MR) is 242 cm³/mol. The molecule has 0 unspecified atom stereocenters. The first-order valence-corrected chi connectivity index (χ1v) is 24.4. The van der Waals surface area contributed by atoms with Crippen LogP contribution in [0.2, 0.25) is 0 Å². The van der Waals surface area contributed by atoms with Crippen molar-refractivity contribution in [3.05, 3.63) is 58.2 Å². The Kier molecular flexibility index (Phi) is 23.4. The lowest BCUT2D eigenvalue weighted by Gasteiger charge is -2.30. The van der Waals surface area contributed by atoms with Gasteiger partial charge in [-0.15, -0.1) is 0 Å². The molecule has 1 heterocycles. The van der Waals surface area contributed by atoms with Crippen LogP contribution in [0.5, 0.6) is 23.0 Å². The second-order valence-corrected chi connectivity index (χ2v) is 19.1. The van der Waals surface area contributed by atoms with E-state index in [-0.39, 0.29) is 29.5 Å². The molecule has 1 aliphatic rings. The monoisotopic (exact) mass is 839 g/mol. The Morgan fingerprint density at radius 2 is 1.47 bits per heavy atom. The van der Waals surface area contributed by atoms with E-state index in [0.29, 0.717) is 36.1 Å². The maximum Gasteiger partial charge on any atom is 0.322 e. The van der Waals surface area contributed by atoms with Gasteiger partial charge in [-0.05, 0) is 112 Å². The van der Waals surface area contributed by atoms with Gasteiger partial charge in [-0.3, -0.25) is 14.4 Å². The van der Waals surface area contributed by atoms with Gasteiger partial charge < -0.3 is 24.3 Å². The molecule has 0 aromatic heterocycles. The number of methoxy groups -OCH3 is 1. The van der Waals surface area contributed by atoms with Crippen molar-refractivity contribution >= 4 is 39.4 Å². The summed E-state index contributed by atoms with van der Waals surface area (Å²) in [5.74, 6) is 2.99. The summed E-state index contributed by atoms with van der Waals surface area (Å²) in [7, 11) is 4.01. The van der Waals surface area contributed by atoms with E-state index in [1.807, 2.05) is 13.8 Å². The molecule has 324 valence electrons. The standard InChI is InChI=1S/C48H73NO7S2/c1-34(2)22-18-14-12-10-9-11-13-15-20-24-40-27-28-41-38(7)47(36(5)37(6)48(41)54-40)56-46(52)33-58-57-32-45(51)55-42-29-26-39(30-43(42)53-8)31-49-44(50)25-21-17-16-19-23-35(3)4/h19,23,26,29-30,34-35,40H,9-18,20-22,24-25,27-28,31-33H2,1-8H3,(H,49,50)/b23-19+/t40-/m1/s1. The molecule has 0 spiro atoms. The van der Waals surface area contributed by atoms with Crippen molar-refractivity contribution < 1.29 is 33.3 Å². The first-order chi connectivity index (χ1) is 27.9. The number of fused-ring (bicyclic) bond motifs is 1. The Morgan fingerprint density at radius 1 is 0.810 bits per heavy atom. The Morgan fingerprint density at radius 3 is 2.12 bits per heavy atom. The topological polar surface area (TPSA) is 100 Å². The molecular formula is C48H73NO7S2. The third kappa shape index (κ3) is 18.4. The molecule has 8 nitrogen and oxygen atoms in total. The van der Waals surface area contributed by atoms with E-state index in [0.717, 1.165) is 78.0 Å². The smallest absolute Gasteiger partial charge is 0.322 e. The second-order valence-electron chi connectivity index (χ2n) is 16.6. The number of esters is 2. The first-order valence-electron chi connectivity index (χ1n) is 21.9. The van der Waals surface area contributed by atoms with Crippen LogP contribution in [0.15, 0.2) is 30.4 Å². The van der Waals surface area contributed by atoms with Crippen LogP contribution < -0.4 is 24.3 Å². The Hall–Kier alpha value is -3.11. The zero-order chi connectivity index (χ0) is 42.3. The molecule has 1 atom stereocenters. The molecule has 2 aromatic carbocycles. The van der Waals surface area contributed by atoms with Crippen LogP contribution in [0.3, 0.4) is 0 Å². The summed E-state index contributed by atoms with van der Waals surface area (Å²) < 4.78 is 23.5. The summed E-state index contributed by atoms with van der Waals surface area (Å²) in [5, 5.41) is 2.95. The minimum atomic E-state index is -0.456. The zero-order valence-corrected chi connectivity index (χ0v) is 38.6. The fourth-order valence-corrected chi connectivity index (χ4v) is 8.81. The average molecular weight is 840 g/mol. The predicted octanol–water partition coefficient (Wildman–Crippen LogP) is 12.5. The van der Waals surface area contributed by atoms with Crippen molar-refractivity contribution in [2.24, 2.45) is 11.8 Å². The summed E-state index contributed by atoms with van der Waals surface area (Å²) in [6.45, 7) is 15.4. The van der Waals surface area contributed by atoms with E-state index in [9.17, 15) is 14.4 Å². The van der Waals surface area contributed by atoms with Crippen molar-refractivity contribution in [2.45, 2.75) is 170 Å². The highest BCUT2D eigenvalue weighted by Crippen LogP contribution is 2.42. The van der Waals surface area contributed by atoms with Crippen LogP contribution in [0, 0.1) is 32.6 Å². The SMILES string of the molecule is COc1cc(CNC(=O)CCCC/C=C/C(C)C)ccc1OC(=O)CSSCC(=O)Oc1c(C)c(C)c2c(c1C)CC[C@@H](CCCCCCCCCCCC(C)C)O2. The van der Waals surface area contributed by atoms with Crippen molar-refractivity contribution in [3.8, 4) is 23.0 Å². The van der Waals surface area contributed by atoms with Gasteiger partial charge >= 0.3 is 11.9 Å². The normalized spacial score (nSPS) is 13.8.